The van der Waals surface area contributed by atoms with Gasteiger partial charge in [0.1, 0.15) is 11.5 Å². The molecule has 0 aromatic heterocycles. The van der Waals surface area contributed by atoms with Gasteiger partial charge in [-0.2, -0.15) is 8.42 Å². The first kappa shape index (κ1) is 23.5. The molecule has 2 rings (SSSR count). The molecule has 0 saturated carbocycles. The maximum absolute atomic E-state index is 13.0. The molecule has 0 heterocycles. The van der Waals surface area contributed by atoms with Gasteiger partial charge in [-0.25, -0.2) is 4.79 Å². The molecule has 30 heavy (non-hydrogen) atoms. The van der Waals surface area contributed by atoms with Gasteiger partial charge in [0.2, 0.25) is 0 Å². The van der Waals surface area contributed by atoms with Gasteiger partial charge in [0.15, 0.2) is 0 Å². The van der Waals surface area contributed by atoms with E-state index in [0.29, 0.717) is 18.0 Å². The van der Waals surface area contributed by atoms with Crippen LogP contribution in [0.1, 0.15) is 39.7 Å². The van der Waals surface area contributed by atoms with Gasteiger partial charge in [0.05, 0.1) is 18.0 Å². The lowest BCUT2D eigenvalue weighted by Crippen LogP contribution is -2.40. The lowest BCUT2D eigenvalue weighted by molar-refractivity contribution is 0.187. The number of amides is 2. The fraction of sp³-hybridized carbons (Fsp3) is 0.409. The van der Waals surface area contributed by atoms with Crippen LogP contribution in [0.5, 0.6) is 11.5 Å². The van der Waals surface area contributed by atoms with E-state index in [2.05, 4.69) is 5.32 Å². The van der Waals surface area contributed by atoms with Crippen LogP contribution in [0, 0.1) is 0 Å². The molecule has 0 unspecified atom stereocenters. The molecule has 7 nitrogen and oxygen atoms in total. The normalized spacial score (nSPS) is 12.3. The number of urea groups is 1. The second-order valence-electron chi connectivity index (χ2n) is 7.28. The summed E-state index contributed by atoms with van der Waals surface area (Å²) in [5.41, 5.74) is 1.46. The number of hydrogen-bond acceptors (Lipinski definition) is 5. The monoisotopic (exact) mass is 434 g/mol. The first-order chi connectivity index (χ1) is 14.2. The van der Waals surface area contributed by atoms with Gasteiger partial charge in [-0.3, -0.25) is 0 Å². The number of carbonyl (C=O) groups is 1. The molecule has 0 spiro atoms. The summed E-state index contributed by atoms with van der Waals surface area (Å²) < 4.78 is 34.2. The summed E-state index contributed by atoms with van der Waals surface area (Å²) in [6, 6.07) is 13.7. The molecule has 1 N–H and O–H groups in total. The number of methoxy groups -OCH3 is 1. The molecule has 2 aromatic rings. The van der Waals surface area contributed by atoms with E-state index in [-0.39, 0.29) is 17.8 Å². The maximum atomic E-state index is 13.0. The second kappa shape index (κ2) is 10.3. The van der Waals surface area contributed by atoms with E-state index in [1.165, 1.54) is 0 Å². The molecular weight excluding hydrogens is 404 g/mol. The smallest absolute Gasteiger partial charge is 0.322 e. The Morgan fingerprint density at radius 1 is 1.07 bits per heavy atom. The number of benzene rings is 2. The van der Waals surface area contributed by atoms with Crippen LogP contribution in [0.4, 0.5) is 10.5 Å². The highest BCUT2D eigenvalue weighted by Crippen LogP contribution is 2.24. The Bertz CT molecular complexity index is 942. The van der Waals surface area contributed by atoms with E-state index in [9.17, 15) is 13.2 Å². The highest BCUT2D eigenvalue weighted by atomic mass is 32.2. The molecule has 8 heteroatoms. The first-order valence-electron chi connectivity index (χ1n) is 9.90. The van der Waals surface area contributed by atoms with Crippen LogP contribution >= 0.6 is 0 Å². The molecule has 1 atom stereocenters. The Morgan fingerprint density at radius 2 is 1.70 bits per heavy atom. The van der Waals surface area contributed by atoms with Gasteiger partial charge in [-0.05, 0) is 57.0 Å². The number of anilines is 1. The molecular formula is C22H30N2O5S. The predicted octanol–water partition coefficient (Wildman–Crippen LogP) is 4.64. The van der Waals surface area contributed by atoms with E-state index in [1.54, 1.807) is 62.3 Å². The third kappa shape index (κ3) is 6.13. The van der Waals surface area contributed by atoms with Gasteiger partial charge < -0.3 is 19.1 Å². The van der Waals surface area contributed by atoms with Crippen molar-refractivity contribution in [3.63, 3.8) is 0 Å². The van der Waals surface area contributed by atoms with Crippen LogP contribution < -0.4 is 14.2 Å². The minimum Gasteiger partial charge on any atom is -0.495 e. The molecule has 0 radical (unpaired) electrons. The molecule has 2 amide bonds. The molecule has 0 bridgehead atoms. The average molecular weight is 435 g/mol. The standard InChI is InChI=1S/C22H30N2O5S/c1-6-17(4)24(22(25)23-20-9-7-8-10-21(20)28-5)15-18-11-13-19(14-12-18)29-30(26,27)16(2)3/h7-14,16-17H,6,15H2,1-5H3,(H,23,25)/t17-/m1/s1. The van der Waals surface area contributed by atoms with Crippen molar-refractivity contribution in [3.05, 3.63) is 54.1 Å². The van der Waals surface area contributed by atoms with Gasteiger partial charge in [-0.1, -0.05) is 31.2 Å². The van der Waals surface area contributed by atoms with Crippen LogP contribution in [0.15, 0.2) is 48.5 Å². The summed E-state index contributed by atoms with van der Waals surface area (Å²) in [7, 11) is -2.09. The van der Waals surface area contributed by atoms with Crippen molar-refractivity contribution in [2.45, 2.75) is 52.0 Å². The molecule has 0 saturated heterocycles. The fourth-order valence-corrected chi connectivity index (χ4v) is 3.23. The molecule has 0 fully saturated rings. The number of nitrogens with zero attached hydrogens (tertiary/aromatic N) is 1. The van der Waals surface area contributed by atoms with Crippen molar-refractivity contribution in [3.8, 4) is 11.5 Å². The third-order valence-corrected chi connectivity index (χ3v) is 6.38. The largest absolute Gasteiger partial charge is 0.495 e. The lowest BCUT2D eigenvalue weighted by atomic mass is 10.1. The van der Waals surface area contributed by atoms with Crippen molar-refractivity contribution >= 4 is 21.8 Å². The SMILES string of the molecule is CC[C@@H](C)N(Cc1ccc(OS(=O)(=O)C(C)C)cc1)C(=O)Nc1ccccc1OC. The first-order valence-corrected chi connectivity index (χ1v) is 11.4. The third-order valence-electron chi connectivity index (χ3n) is 4.80. The number of hydrogen-bond donors (Lipinski definition) is 1. The van der Waals surface area contributed by atoms with E-state index in [4.69, 9.17) is 8.92 Å². The van der Waals surface area contributed by atoms with Crippen molar-refractivity contribution in [1.29, 1.82) is 0 Å². The highest BCUT2D eigenvalue weighted by molar-refractivity contribution is 7.87. The molecule has 164 valence electrons. The van der Waals surface area contributed by atoms with Gasteiger partial charge >= 0.3 is 16.1 Å². The zero-order chi connectivity index (χ0) is 22.3. The topological polar surface area (TPSA) is 84.9 Å². The second-order valence-corrected chi connectivity index (χ2v) is 9.38. The summed E-state index contributed by atoms with van der Waals surface area (Å²) in [5.74, 6) is 0.837. The van der Waals surface area contributed by atoms with Crippen LogP contribution in [0.2, 0.25) is 0 Å². The Hall–Kier alpha value is -2.74. The summed E-state index contributed by atoms with van der Waals surface area (Å²) in [6.45, 7) is 7.49. The molecule has 2 aromatic carbocycles. The zero-order valence-electron chi connectivity index (χ0n) is 18.1. The maximum Gasteiger partial charge on any atom is 0.322 e. The van der Waals surface area contributed by atoms with Crippen molar-refractivity contribution in [2.24, 2.45) is 0 Å². The van der Waals surface area contributed by atoms with Crippen LogP contribution in [0.3, 0.4) is 0 Å². The Morgan fingerprint density at radius 3 is 2.27 bits per heavy atom. The minimum absolute atomic E-state index is 0.00282. The number of ether oxygens (including phenoxy) is 1. The highest BCUT2D eigenvalue weighted by Gasteiger charge is 2.21. The van der Waals surface area contributed by atoms with Gasteiger partial charge in [0.25, 0.3) is 0 Å². The summed E-state index contributed by atoms with van der Waals surface area (Å²) >= 11 is 0. The van der Waals surface area contributed by atoms with E-state index < -0.39 is 15.4 Å². The minimum atomic E-state index is -3.65. The summed E-state index contributed by atoms with van der Waals surface area (Å²) in [6.07, 6.45) is 0.785. The van der Waals surface area contributed by atoms with Crippen molar-refractivity contribution in [2.75, 3.05) is 12.4 Å². The van der Waals surface area contributed by atoms with Crippen molar-refractivity contribution in [1.82, 2.24) is 4.90 Å². The Kier molecular flexibility index (Phi) is 8.11. The number of rotatable bonds is 9. The number of carbonyl (C=O) groups excluding carboxylic acids is 1. The number of nitrogens with one attached hydrogen (secondary N) is 1. The summed E-state index contributed by atoms with van der Waals surface area (Å²) in [5, 5.41) is 2.28. The average Bonchev–Trinajstić information content (AvgIpc) is 2.72. The molecule has 0 aliphatic rings. The predicted molar refractivity (Wildman–Crippen MR) is 118 cm³/mol. The molecule has 0 aliphatic carbocycles. The van der Waals surface area contributed by atoms with E-state index in [1.807, 2.05) is 26.0 Å². The van der Waals surface area contributed by atoms with E-state index >= 15 is 0 Å². The Labute approximate surface area is 179 Å². The van der Waals surface area contributed by atoms with Crippen molar-refractivity contribution < 1.29 is 22.1 Å². The summed E-state index contributed by atoms with van der Waals surface area (Å²) in [4.78, 5) is 14.7. The zero-order valence-corrected chi connectivity index (χ0v) is 18.9. The Balaban J connectivity index is 2.15. The lowest BCUT2D eigenvalue weighted by Gasteiger charge is -2.29. The number of para-hydroxylation sites is 2. The van der Waals surface area contributed by atoms with Gasteiger partial charge in [-0.15, -0.1) is 0 Å². The quantitative estimate of drug-likeness (QED) is 0.581. The molecule has 0 aliphatic heterocycles. The van der Waals surface area contributed by atoms with Crippen LogP contribution in [0.25, 0.3) is 0 Å². The fourth-order valence-electron chi connectivity index (χ4n) is 2.66. The van der Waals surface area contributed by atoms with Crippen LogP contribution in [-0.4, -0.2) is 37.8 Å². The van der Waals surface area contributed by atoms with E-state index in [0.717, 1.165) is 12.0 Å². The van der Waals surface area contributed by atoms with Crippen LogP contribution in [-0.2, 0) is 16.7 Å². The van der Waals surface area contributed by atoms with Gasteiger partial charge in [0, 0.05) is 12.6 Å².